The minimum atomic E-state index is -3.41. The third kappa shape index (κ3) is 4.89. The second-order valence-electron chi connectivity index (χ2n) is 4.88. The second kappa shape index (κ2) is 7.51. The van der Waals surface area contributed by atoms with Crippen molar-refractivity contribution < 1.29 is 8.42 Å². The molecule has 2 aromatic rings. The van der Waals surface area contributed by atoms with Gasteiger partial charge in [-0.25, -0.2) is 13.1 Å². The van der Waals surface area contributed by atoms with E-state index in [1.807, 2.05) is 37.6 Å². The maximum atomic E-state index is 12.3. The van der Waals surface area contributed by atoms with E-state index in [0.717, 1.165) is 24.3 Å². The molecular formula is C14H20N2O2S3. The lowest BCUT2D eigenvalue weighted by molar-refractivity contribution is 0.563. The van der Waals surface area contributed by atoms with Crippen LogP contribution >= 0.6 is 22.7 Å². The second-order valence-corrected chi connectivity index (χ2v) is 9.02. The zero-order valence-corrected chi connectivity index (χ0v) is 14.6. The molecule has 0 aliphatic rings. The molecule has 2 N–H and O–H groups in total. The van der Waals surface area contributed by atoms with Crippen LogP contribution in [-0.2, 0) is 22.9 Å². The van der Waals surface area contributed by atoms with Gasteiger partial charge < -0.3 is 5.32 Å². The van der Waals surface area contributed by atoms with Crippen LogP contribution in [0.2, 0.25) is 0 Å². The highest BCUT2D eigenvalue weighted by molar-refractivity contribution is 7.91. The Labute approximate surface area is 134 Å². The van der Waals surface area contributed by atoms with Crippen LogP contribution < -0.4 is 10.0 Å². The average molecular weight is 345 g/mol. The van der Waals surface area contributed by atoms with Crippen molar-refractivity contribution in [1.82, 2.24) is 10.0 Å². The average Bonchev–Trinajstić information content (AvgIpc) is 3.06. The number of nitrogens with one attached hydrogen (secondary N) is 2. The van der Waals surface area contributed by atoms with E-state index in [1.165, 1.54) is 16.2 Å². The van der Waals surface area contributed by atoms with Crippen molar-refractivity contribution in [1.29, 1.82) is 0 Å². The molecule has 2 rings (SSSR count). The molecule has 4 nitrogen and oxygen atoms in total. The van der Waals surface area contributed by atoms with Crippen LogP contribution in [0, 0.1) is 0 Å². The van der Waals surface area contributed by atoms with Crippen molar-refractivity contribution in [3.63, 3.8) is 0 Å². The number of likely N-dealkylation sites (N-methyl/N-ethyl adjacent to an activating group) is 1. The third-order valence-electron chi connectivity index (χ3n) is 2.97. The molecule has 0 saturated heterocycles. The standard InChI is InChI=1S/C14H20N2O2S3/c1-11(10-13-4-3-9-19-13)16-21(17,18)14-6-5-12(20-14)7-8-15-2/h3-6,9,11,15-16H,7-8,10H2,1-2H3. The van der Waals surface area contributed by atoms with Gasteiger partial charge >= 0.3 is 0 Å². The largest absolute Gasteiger partial charge is 0.319 e. The van der Waals surface area contributed by atoms with Gasteiger partial charge in [-0.3, -0.25) is 0 Å². The van der Waals surface area contributed by atoms with Crippen molar-refractivity contribution >= 4 is 32.7 Å². The van der Waals surface area contributed by atoms with Gasteiger partial charge in [-0.1, -0.05) is 6.07 Å². The Kier molecular flexibility index (Phi) is 5.95. The number of hydrogen-bond acceptors (Lipinski definition) is 5. The Morgan fingerprint density at radius 2 is 2.05 bits per heavy atom. The molecule has 0 bridgehead atoms. The topological polar surface area (TPSA) is 58.2 Å². The molecule has 0 amide bonds. The quantitative estimate of drug-likeness (QED) is 0.773. The van der Waals surface area contributed by atoms with Gasteiger partial charge in [0.2, 0.25) is 10.0 Å². The molecule has 0 fully saturated rings. The summed E-state index contributed by atoms with van der Waals surface area (Å²) in [5, 5.41) is 5.07. The molecule has 0 saturated carbocycles. The minimum Gasteiger partial charge on any atom is -0.319 e. The van der Waals surface area contributed by atoms with E-state index < -0.39 is 10.0 Å². The van der Waals surface area contributed by atoms with Gasteiger partial charge in [-0.15, -0.1) is 22.7 Å². The first kappa shape index (κ1) is 16.6. The summed E-state index contributed by atoms with van der Waals surface area (Å²) in [4.78, 5) is 2.27. The minimum absolute atomic E-state index is 0.114. The first-order valence-electron chi connectivity index (χ1n) is 6.79. The fourth-order valence-corrected chi connectivity index (χ4v) is 5.43. The van der Waals surface area contributed by atoms with E-state index in [4.69, 9.17) is 0 Å². The first-order valence-corrected chi connectivity index (χ1v) is 9.97. The van der Waals surface area contributed by atoms with Crippen LogP contribution in [0.25, 0.3) is 0 Å². The molecule has 0 aromatic carbocycles. The zero-order valence-electron chi connectivity index (χ0n) is 12.1. The summed E-state index contributed by atoms with van der Waals surface area (Å²) < 4.78 is 27.8. The zero-order chi connectivity index (χ0) is 15.3. The SMILES string of the molecule is CNCCc1ccc(S(=O)(=O)NC(C)Cc2cccs2)s1. The van der Waals surface area contributed by atoms with Gasteiger partial charge in [0.05, 0.1) is 0 Å². The van der Waals surface area contributed by atoms with Crippen LogP contribution in [-0.4, -0.2) is 28.1 Å². The van der Waals surface area contributed by atoms with E-state index in [0.29, 0.717) is 4.21 Å². The van der Waals surface area contributed by atoms with Gasteiger partial charge in [0.1, 0.15) is 4.21 Å². The number of rotatable bonds is 8. The van der Waals surface area contributed by atoms with Gasteiger partial charge in [0.25, 0.3) is 0 Å². The molecule has 1 unspecified atom stereocenters. The number of sulfonamides is 1. The fourth-order valence-electron chi connectivity index (χ4n) is 1.98. The monoisotopic (exact) mass is 344 g/mol. The lowest BCUT2D eigenvalue weighted by Gasteiger charge is -2.12. The van der Waals surface area contributed by atoms with Crippen molar-refractivity contribution in [3.05, 3.63) is 39.4 Å². The van der Waals surface area contributed by atoms with Crippen molar-refractivity contribution in [3.8, 4) is 0 Å². The van der Waals surface area contributed by atoms with Crippen LogP contribution in [0.3, 0.4) is 0 Å². The molecule has 2 aromatic heterocycles. The number of thiophene rings is 2. The highest BCUT2D eigenvalue weighted by Gasteiger charge is 2.19. The van der Waals surface area contributed by atoms with E-state index in [2.05, 4.69) is 10.0 Å². The Hall–Kier alpha value is -0.730. The molecule has 1 atom stereocenters. The Bertz CT molecular complexity index is 648. The maximum absolute atomic E-state index is 12.3. The summed E-state index contributed by atoms with van der Waals surface area (Å²) in [6, 6.07) is 7.47. The smallest absolute Gasteiger partial charge is 0.250 e. The lowest BCUT2D eigenvalue weighted by atomic mass is 10.2. The predicted molar refractivity (Wildman–Crippen MR) is 89.8 cm³/mol. The third-order valence-corrected chi connectivity index (χ3v) is 7.09. The van der Waals surface area contributed by atoms with Crippen LogP contribution in [0.5, 0.6) is 0 Å². The number of hydrogen-bond donors (Lipinski definition) is 2. The molecular weight excluding hydrogens is 324 g/mol. The molecule has 0 radical (unpaired) electrons. The fraction of sp³-hybridized carbons (Fsp3) is 0.429. The summed E-state index contributed by atoms with van der Waals surface area (Å²) in [5.41, 5.74) is 0. The van der Waals surface area contributed by atoms with E-state index >= 15 is 0 Å². The van der Waals surface area contributed by atoms with Gasteiger partial charge in [0.15, 0.2) is 0 Å². The van der Waals surface area contributed by atoms with Gasteiger partial charge in [0, 0.05) is 15.8 Å². The predicted octanol–water partition coefficient (Wildman–Crippen LogP) is 2.48. The Balaban J connectivity index is 1.98. The molecule has 116 valence electrons. The van der Waals surface area contributed by atoms with Crippen LogP contribution in [0.1, 0.15) is 16.7 Å². The van der Waals surface area contributed by atoms with Gasteiger partial charge in [-0.2, -0.15) is 0 Å². The van der Waals surface area contributed by atoms with Crippen molar-refractivity contribution in [2.75, 3.05) is 13.6 Å². The molecule has 0 spiro atoms. The molecule has 7 heteroatoms. The molecule has 2 heterocycles. The lowest BCUT2D eigenvalue weighted by Crippen LogP contribution is -2.33. The molecule has 21 heavy (non-hydrogen) atoms. The maximum Gasteiger partial charge on any atom is 0.250 e. The summed E-state index contributed by atoms with van der Waals surface area (Å²) in [6.07, 6.45) is 1.57. The highest BCUT2D eigenvalue weighted by atomic mass is 32.2. The Morgan fingerprint density at radius 3 is 2.71 bits per heavy atom. The molecule has 0 aliphatic carbocycles. The van der Waals surface area contributed by atoms with E-state index in [9.17, 15) is 8.42 Å². The van der Waals surface area contributed by atoms with Crippen molar-refractivity contribution in [2.24, 2.45) is 0 Å². The summed E-state index contributed by atoms with van der Waals surface area (Å²) in [5.74, 6) is 0. The van der Waals surface area contributed by atoms with Crippen molar-refractivity contribution in [2.45, 2.75) is 30.0 Å². The van der Waals surface area contributed by atoms with Gasteiger partial charge in [-0.05, 0) is 56.9 Å². The highest BCUT2D eigenvalue weighted by Crippen LogP contribution is 2.22. The Morgan fingerprint density at radius 1 is 1.24 bits per heavy atom. The van der Waals surface area contributed by atoms with E-state index in [1.54, 1.807) is 17.4 Å². The summed E-state index contributed by atoms with van der Waals surface area (Å²) in [6.45, 7) is 2.75. The van der Waals surface area contributed by atoms with Crippen LogP contribution in [0.4, 0.5) is 0 Å². The van der Waals surface area contributed by atoms with Crippen LogP contribution in [0.15, 0.2) is 33.9 Å². The molecule has 0 aliphatic heterocycles. The summed E-state index contributed by atoms with van der Waals surface area (Å²) >= 11 is 2.99. The summed E-state index contributed by atoms with van der Waals surface area (Å²) in [7, 11) is -1.53. The normalized spacial score (nSPS) is 13.4. The van der Waals surface area contributed by atoms with E-state index in [-0.39, 0.29) is 6.04 Å². The first-order chi connectivity index (χ1) is 10.0.